The van der Waals surface area contributed by atoms with E-state index in [1.165, 1.54) is 0 Å². The first-order valence-electron chi connectivity index (χ1n) is 5.46. The Balaban J connectivity index is 1.96. The van der Waals surface area contributed by atoms with Gasteiger partial charge in [-0.05, 0) is 41.5 Å². The van der Waals surface area contributed by atoms with E-state index in [-0.39, 0.29) is 16.0 Å². The first kappa shape index (κ1) is 12.8. The number of hydrogen-bond acceptors (Lipinski definition) is 5. The third-order valence-corrected chi connectivity index (χ3v) is 3.29. The maximum Gasteiger partial charge on any atom is 0.228 e. The molecule has 2 rings (SSSR count). The van der Waals surface area contributed by atoms with Crippen LogP contribution in [0.3, 0.4) is 0 Å². The van der Waals surface area contributed by atoms with Gasteiger partial charge in [-0.2, -0.15) is 15.0 Å². The Kier molecular flexibility index (Phi) is 4.01. The van der Waals surface area contributed by atoms with Crippen LogP contribution >= 0.6 is 23.2 Å². The number of aromatic nitrogens is 3. The second-order valence-electron chi connectivity index (χ2n) is 4.47. The maximum atomic E-state index is 5.70. The van der Waals surface area contributed by atoms with Crippen LogP contribution in [0.15, 0.2) is 0 Å². The van der Waals surface area contributed by atoms with E-state index in [1.807, 2.05) is 0 Å². The molecular formula is C10H14Cl2N4O. The van der Waals surface area contributed by atoms with Gasteiger partial charge in [-0.25, -0.2) is 0 Å². The van der Waals surface area contributed by atoms with Gasteiger partial charge >= 0.3 is 0 Å². The highest BCUT2D eigenvalue weighted by molar-refractivity contribution is 6.31. The van der Waals surface area contributed by atoms with E-state index in [9.17, 15) is 0 Å². The van der Waals surface area contributed by atoms with E-state index in [0.717, 1.165) is 32.6 Å². The molecule has 1 aliphatic rings. The summed E-state index contributed by atoms with van der Waals surface area (Å²) >= 11 is 11.4. The van der Waals surface area contributed by atoms with Crippen LogP contribution in [0.1, 0.15) is 19.8 Å². The Labute approximate surface area is 110 Å². The molecule has 5 nitrogen and oxygen atoms in total. The molecule has 0 radical (unpaired) electrons. The van der Waals surface area contributed by atoms with Crippen LogP contribution < -0.4 is 5.32 Å². The third-order valence-electron chi connectivity index (χ3n) is 2.95. The van der Waals surface area contributed by atoms with Crippen molar-refractivity contribution in [2.45, 2.75) is 19.8 Å². The molecule has 1 aromatic rings. The van der Waals surface area contributed by atoms with Gasteiger partial charge in [-0.15, -0.1) is 0 Å². The smallest absolute Gasteiger partial charge is 0.228 e. The van der Waals surface area contributed by atoms with Crippen LogP contribution in [-0.2, 0) is 4.74 Å². The van der Waals surface area contributed by atoms with Crippen LogP contribution in [0.4, 0.5) is 5.95 Å². The van der Waals surface area contributed by atoms with Gasteiger partial charge in [0, 0.05) is 19.8 Å². The van der Waals surface area contributed by atoms with Crippen molar-refractivity contribution in [1.82, 2.24) is 15.0 Å². The average molecular weight is 277 g/mol. The quantitative estimate of drug-likeness (QED) is 0.919. The highest BCUT2D eigenvalue weighted by Crippen LogP contribution is 2.29. The molecule has 0 amide bonds. The first-order valence-corrected chi connectivity index (χ1v) is 6.22. The maximum absolute atomic E-state index is 5.70. The molecule has 1 saturated heterocycles. The Bertz CT molecular complexity index is 376. The van der Waals surface area contributed by atoms with Crippen LogP contribution in [0.25, 0.3) is 0 Å². The molecule has 0 bridgehead atoms. The molecule has 0 aliphatic carbocycles. The number of hydrogen-bond donors (Lipinski definition) is 1. The van der Waals surface area contributed by atoms with Crippen LogP contribution in [0.2, 0.25) is 10.6 Å². The monoisotopic (exact) mass is 276 g/mol. The lowest BCUT2D eigenvalue weighted by atomic mass is 9.82. The highest BCUT2D eigenvalue weighted by Gasteiger charge is 2.27. The highest BCUT2D eigenvalue weighted by atomic mass is 35.5. The SMILES string of the molecule is CC1(CNc2nc(Cl)nc(Cl)n2)CCOCC1. The standard InChI is InChI=1S/C10H14Cl2N4O/c1-10(2-4-17-5-3-10)6-13-9-15-7(11)14-8(12)16-9/h2-6H2,1H3,(H,13,14,15,16). The van der Waals surface area contributed by atoms with E-state index < -0.39 is 0 Å². The summed E-state index contributed by atoms with van der Waals surface area (Å²) in [6, 6.07) is 0. The number of anilines is 1. The van der Waals surface area contributed by atoms with Crippen LogP contribution in [0.5, 0.6) is 0 Å². The average Bonchev–Trinajstić information content (AvgIpc) is 2.26. The van der Waals surface area contributed by atoms with Gasteiger partial charge < -0.3 is 10.1 Å². The number of ether oxygens (including phenoxy) is 1. The first-order chi connectivity index (χ1) is 8.07. The van der Waals surface area contributed by atoms with E-state index in [2.05, 4.69) is 27.2 Å². The number of nitrogens with one attached hydrogen (secondary N) is 1. The zero-order valence-electron chi connectivity index (χ0n) is 9.54. The summed E-state index contributed by atoms with van der Waals surface area (Å²) in [4.78, 5) is 11.6. The molecule has 7 heteroatoms. The second kappa shape index (κ2) is 5.33. The van der Waals surface area contributed by atoms with Gasteiger partial charge in [0.25, 0.3) is 0 Å². The van der Waals surface area contributed by atoms with E-state index in [4.69, 9.17) is 27.9 Å². The number of halogens is 2. The Morgan fingerprint density at radius 2 is 1.76 bits per heavy atom. The Hall–Kier alpha value is -0.650. The van der Waals surface area contributed by atoms with Crippen molar-refractivity contribution in [1.29, 1.82) is 0 Å². The van der Waals surface area contributed by atoms with Gasteiger partial charge in [-0.1, -0.05) is 6.92 Å². The summed E-state index contributed by atoms with van der Waals surface area (Å²) < 4.78 is 5.34. The summed E-state index contributed by atoms with van der Waals surface area (Å²) in [7, 11) is 0. The number of rotatable bonds is 3. The lowest BCUT2D eigenvalue weighted by molar-refractivity contribution is 0.0299. The fourth-order valence-corrected chi connectivity index (χ4v) is 2.10. The topological polar surface area (TPSA) is 59.9 Å². The molecule has 0 atom stereocenters. The van der Waals surface area contributed by atoms with E-state index >= 15 is 0 Å². The molecule has 1 aliphatic heterocycles. The van der Waals surface area contributed by atoms with Crippen molar-refractivity contribution in [2.24, 2.45) is 5.41 Å². The normalized spacial score (nSPS) is 19.0. The largest absolute Gasteiger partial charge is 0.381 e. The lowest BCUT2D eigenvalue weighted by Crippen LogP contribution is -2.33. The minimum Gasteiger partial charge on any atom is -0.381 e. The van der Waals surface area contributed by atoms with E-state index in [0.29, 0.717) is 5.95 Å². The Morgan fingerprint density at radius 3 is 2.35 bits per heavy atom. The van der Waals surface area contributed by atoms with Gasteiger partial charge in [0.2, 0.25) is 16.5 Å². The summed E-state index contributed by atoms with van der Waals surface area (Å²) in [5.41, 5.74) is 0.198. The second-order valence-corrected chi connectivity index (χ2v) is 5.15. The zero-order chi connectivity index (χ0) is 12.3. The van der Waals surface area contributed by atoms with Crippen LogP contribution in [-0.4, -0.2) is 34.7 Å². The van der Waals surface area contributed by atoms with Crippen molar-refractivity contribution in [3.05, 3.63) is 10.6 Å². The van der Waals surface area contributed by atoms with Crippen molar-refractivity contribution in [3.8, 4) is 0 Å². The summed E-state index contributed by atoms with van der Waals surface area (Å²) in [5.74, 6) is 0.419. The fraction of sp³-hybridized carbons (Fsp3) is 0.700. The minimum atomic E-state index is 0.102. The molecule has 0 saturated carbocycles. The third kappa shape index (κ3) is 3.66. The summed E-state index contributed by atoms with van der Waals surface area (Å²) in [6.45, 7) is 4.59. The summed E-state index contributed by atoms with van der Waals surface area (Å²) in [5, 5.41) is 3.35. The van der Waals surface area contributed by atoms with E-state index in [1.54, 1.807) is 0 Å². The van der Waals surface area contributed by atoms with Crippen molar-refractivity contribution < 1.29 is 4.74 Å². The van der Waals surface area contributed by atoms with Crippen molar-refractivity contribution in [2.75, 3.05) is 25.1 Å². The molecule has 0 spiro atoms. The van der Waals surface area contributed by atoms with Gasteiger partial charge in [-0.3, -0.25) is 0 Å². The lowest BCUT2D eigenvalue weighted by Gasteiger charge is -2.33. The predicted molar refractivity (Wildman–Crippen MR) is 66.5 cm³/mol. The molecule has 0 unspecified atom stereocenters. The molecule has 2 heterocycles. The predicted octanol–water partition coefficient (Wildman–Crippen LogP) is 2.41. The van der Waals surface area contributed by atoms with Crippen LogP contribution in [0, 0.1) is 5.41 Å². The summed E-state index contributed by atoms with van der Waals surface area (Å²) in [6.07, 6.45) is 2.04. The molecule has 1 fully saturated rings. The molecule has 0 aromatic carbocycles. The molecule has 94 valence electrons. The van der Waals surface area contributed by atoms with Crippen molar-refractivity contribution >= 4 is 29.2 Å². The zero-order valence-corrected chi connectivity index (χ0v) is 11.1. The minimum absolute atomic E-state index is 0.102. The molecule has 17 heavy (non-hydrogen) atoms. The molecule has 1 N–H and O–H groups in total. The number of nitrogens with zero attached hydrogens (tertiary/aromatic N) is 3. The Morgan fingerprint density at radius 1 is 1.18 bits per heavy atom. The fourth-order valence-electron chi connectivity index (χ4n) is 1.74. The molecule has 1 aromatic heterocycles. The van der Waals surface area contributed by atoms with Gasteiger partial charge in [0.1, 0.15) is 0 Å². The van der Waals surface area contributed by atoms with Crippen molar-refractivity contribution in [3.63, 3.8) is 0 Å². The molecular weight excluding hydrogens is 263 g/mol. The van der Waals surface area contributed by atoms with Gasteiger partial charge in [0.15, 0.2) is 0 Å². The van der Waals surface area contributed by atoms with Gasteiger partial charge in [0.05, 0.1) is 0 Å².